The summed E-state index contributed by atoms with van der Waals surface area (Å²) in [6.45, 7) is 0. The first-order valence-electron chi connectivity index (χ1n) is 3.39. The van der Waals surface area contributed by atoms with Gasteiger partial charge in [-0.2, -0.15) is 0 Å². The maximum Gasteiger partial charge on any atom is 0.131 e. The average molecular weight is 148 g/mol. The van der Waals surface area contributed by atoms with E-state index < -0.39 is 0 Å². The van der Waals surface area contributed by atoms with Crippen LogP contribution in [-0.2, 0) is 4.84 Å². The van der Waals surface area contributed by atoms with Gasteiger partial charge in [0.15, 0.2) is 0 Å². The molecule has 0 aliphatic carbocycles. The Hall–Kier alpha value is -1.48. The molecule has 0 unspecified atom stereocenters. The normalized spacial score (nSPS) is 15.1. The number of hydrazine groups is 1. The lowest BCUT2D eigenvalue weighted by Gasteiger charge is -2.12. The van der Waals surface area contributed by atoms with E-state index in [9.17, 15) is 0 Å². The van der Waals surface area contributed by atoms with Crippen LogP contribution in [0.25, 0.3) is 0 Å². The van der Waals surface area contributed by atoms with Crippen LogP contribution >= 0.6 is 0 Å². The number of hydrogen-bond acceptors (Lipinski definition) is 3. The predicted molar refractivity (Wildman–Crippen MR) is 42.3 cm³/mol. The van der Waals surface area contributed by atoms with Gasteiger partial charge in [-0.05, 0) is 12.1 Å². The van der Waals surface area contributed by atoms with Crippen molar-refractivity contribution >= 4 is 5.69 Å². The van der Waals surface area contributed by atoms with Crippen molar-refractivity contribution in [1.82, 2.24) is 5.59 Å². The first kappa shape index (κ1) is 6.24. The summed E-state index contributed by atoms with van der Waals surface area (Å²) in [4.78, 5) is 4.81. The number of para-hydroxylation sites is 1. The number of rotatable bonds is 1. The average Bonchev–Trinajstić information content (AvgIpc) is 2.58. The van der Waals surface area contributed by atoms with E-state index in [-0.39, 0.29) is 0 Å². The smallest absolute Gasteiger partial charge is 0.131 e. The second-order valence-electron chi connectivity index (χ2n) is 2.20. The van der Waals surface area contributed by atoms with Crippen molar-refractivity contribution in [1.29, 1.82) is 0 Å². The molecule has 0 aromatic heterocycles. The predicted octanol–water partition coefficient (Wildman–Crippen LogP) is 1.41. The molecular formula is C8H8N2O. The van der Waals surface area contributed by atoms with Crippen molar-refractivity contribution < 1.29 is 4.84 Å². The summed E-state index contributed by atoms with van der Waals surface area (Å²) >= 11 is 0. The van der Waals surface area contributed by atoms with Gasteiger partial charge in [0.05, 0.1) is 11.9 Å². The fourth-order valence-electron chi connectivity index (χ4n) is 0.936. The SMILES string of the molecule is C1=CN(c2ccccc2)NO1. The minimum Gasteiger partial charge on any atom is -0.395 e. The second kappa shape index (κ2) is 2.64. The summed E-state index contributed by atoms with van der Waals surface area (Å²) in [6, 6.07) is 9.91. The van der Waals surface area contributed by atoms with Gasteiger partial charge in [0.1, 0.15) is 6.26 Å². The fraction of sp³-hybridized carbons (Fsp3) is 0. The number of hydrogen-bond donors (Lipinski definition) is 1. The fourth-order valence-corrected chi connectivity index (χ4v) is 0.936. The minimum atomic E-state index is 1.06. The lowest BCUT2D eigenvalue weighted by Crippen LogP contribution is -2.26. The van der Waals surface area contributed by atoms with Crippen molar-refractivity contribution in [2.24, 2.45) is 0 Å². The van der Waals surface area contributed by atoms with Crippen molar-refractivity contribution in [3.8, 4) is 0 Å². The Kier molecular flexibility index (Phi) is 1.50. The number of benzene rings is 1. The molecule has 2 rings (SSSR count). The molecule has 0 saturated carbocycles. The van der Waals surface area contributed by atoms with Crippen LogP contribution in [0.15, 0.2) is 42.8 Å². The molecule has 11 heavy (non-hydrogen) atoms. The molecule has 3 heteroatoms. The third-order valence-corrected chi connectivity index (χ3v) is 1.46. The lowest BCUT2D eigenvalue weighted by molar-refractivity contribution is 0.159. The van der Waals surface area contributed by atoms with E-state index in [1.165, 1.54) is 0 Å². The van der Waals surface area contributed by atoms with Crippen LogP contribution in [-0.4, -0.2) is 0 Å². The molecule has 1 heterocycles. The van der Waals surface area contributed by atoms with Crippen LogP contribution in [0.5, 0.6) is 0 Å². The Balaban J connectivity index is 2.23. The highest BCUT2D eigenvalue weighted by atomic mass is 16.7. The molecule has 0 amide bonds. The molecular weight excluding hydrogens is 140 g/mol. The molecule has 1 aromatic carbocycles. The number of nitrogens with zero attached hydrogens (tertiary/aromatic N) is 1. The molecule has 1 aliphatic heterocycles. The highest BCUT2D eigenvalue weighted by molar-refractivity contribution is 5.47. The van der Waals surface area contributed by atoms with Gasteiger partial charge in [-0.25, -0.2) is 5.01 Å². The van der Waals surface area contributed by atoms with E-state index in [0.29, 0.717) is 0 Å². The maximum absolute atomic E-state index is 4.81. The van der Waals surface area contributed by atoms with Gasteiger partial charge in [-0.15, -0.1) is 0 Å². The monoisotopic (exact) mass is 148 g/mol. The summed E-state index contributed by atoms with van der Waals surface area (Å²) in [5.74, 6) is 0. The van der Waals surface area contributed by atoms with Crippen LogP contribution in [0.1, 0.15) is 0 Å². The summed E-state index contributed by atoms with van der Waals surface area (Å²) in [5, 5.41) is 1.79. The zero-order valence-electron chi connectivity index (χ0n) is 5.90. The van der Waals surface area contributed by atoms with Crippen LogP contribution in [0, 0.1) is 0 Å². The standard InChI is InChI=1S/C8H8N2O/c1-2-4-8(5-3-1)10-6-7-11-9-10/h1-7,9H. The molecule has 0 fully saturated rings. The Bertz CT molecular complexity index is 258. The second-order valence-corrected chi connectivity index (χ2v) is 2.20. The van der Waals surface area contributed by atoms with E-state index in [1.54, 1.807) is 11.3 Å². The molecule has 0 radical (unpaired) electrons. The summed E-state index contributed by atoms with van der Waals surface area (Å²) in [5.41, 5.74) is 3.75. The molecule has 1 aromatic rings. The minimum absolute atomic E-state index is 1.06. The van der Waals surface area contributed by atoms with Crippen molar-refractivity contribution in [2.75, 3.05) is 5.01 Å². The topological polar surface area (TPSA) is 24.5 Å². The van der Waals surface area contributed by atoms with Gasteiger partial charge in [0, 0.05) is 0 Å². The van der Waals surface area contributed by atoms with E-state index >= 15 is 0 Å². The molecule has 0 saturated heterocycles. The van der Waals surface area contributed by atoms with Crippen LogP contribution < -0.4 is 10.6 Å². The zero-order chi connectivity index (χ0) is 7.52. The largest absolute Gasteiger partial charge is 0.395 e. The first-order chi connectivity index (χ1) is 5.47. The first-order valence-corrected chi connectivity index (χ1v) is 3.39. The van der Waals surface area contributed by atoms with Crippen molar-refractivity contribution in [3.05, 3.63) is 42.8 Å². The van der Waals surface area contributed by atoms with Gasteiger partial charge < -0.3 is 4.84 Å². The highest BCUT2D eigenvalue weighted by Gasteiger charge is 2.04. The summed E-state index contributed by atoms with van der Waals surface area (Å²) in [7, 11) is 0. The van der Waals surface area contributed by atoms with Gasteiger partial charge in [0.2, 0.25) is 0 Å². The van der Waals surface area contributed by atoms with E-state index in [2.05, 4.69) is 5.59 Å². The van der Waals surface area contributed by atoms with Crippen molar-refractivity contribution in [3.63, 3.8) is 0 Å². The Morgan fingerprint density at radius 2 is 2.00 bits per heavy atom. The maximum atomic E-state index is 4.81. The van der Waals surface area contributed by atoms with Gasteiger partial charge in [0.25, 0.3) is 0 Å². The molecule has 0 atom stereocenters. The lowest BCUT2D eigenvalue weighted by atomic mass is 10.3. The molecule has 3 nitrogen and oxygen atoms in total. The van der Waals surface area contributed by atoms with E-state index in [1.807, 2.05) is 36.5 Å². The highest BCUT2D eigenvalue weighted by Crippen LogP contribution is 2.12. The molecule has 1 aliphatic rings. The van der Waals surface area contributed by atoms with Crippen LogP contribution in [0.4, 0.5) is 5.69 Å². The molecule has 1 N–H and O–H groups in total. The number of anilines is 1. The van der Waals surface area contributed by atoms with Crippen LogP contribution in [0.3, 0.4) is 0 Å². The zero-order valence-corrected chi connectivity index (χ0v) is 5.90. The van der Waals surface area contributed by atoms with Gasteiger partial charge >= 0.3 is 0 Å². The Morgan fingerprint density at radius 1 is 1.18 bits per heavy atom. The van der Waals surface area contributed by atoms with Gasteiger partial charge in [-0.3, -0.25) is 0 Å². The van der Waals surface area contributed by atoms with E-state index in [4.69, 9.17) is 4.84 Å². The molecule has 0 spiro atoms. The summed E-state index contributed by atoms with van der Waals surface area (Å²) < 4.78 is 0. The van der Waals surface area contributed by atoms with Crippen molar-refractivity contribution in [2.45, 2.75) is 0 Å². The Morgan fingerprint density at radius 3 is 2.64 bits per heavy atom. The quantitative estimate of drug-likeness (QED) is 0.651. The Labute approximate surface area is 64.8 Å². The van der Waals surface area contributed by atoms with E-state index in [0.717, 1.165) is 5.69 Å². The molecule has 56 valence electrons. The number of nitrogens with one attached hydrogen (secondary N) is 1. The molecule has 0 bridgehead atoms. The third kappa shape index (κ3) is 1.18. The third-order valence-electron chi connectivity index (χ3n) is 1.46. The van der Waals surface area contributed by atoms with Gasteiger partial charge in [-0.1, -0.05) is 23.8 Å². The van der Waals surface area contributed by atoms with Crippen LogP contribution in [0.2, 0.25) is 0 Å². The summed E-state index contributed by atoms with van der Waals surface area (Å²) in [6.07, 6.45) is 3.41.